The lowest BCUT2D eigenvalue weighted by atomic mass is 9.84. The molecule has 112 valence electrons. The van der Waals surface area contributed by atoms with Crippen LogP contribution in [0.4, 0.5) is 5.69 Å². The number of rotatable bonds is 3. The number of hydrogen-bond acceptors (Lipinski definition) is 2. The molecule has 0 radical (unpaired) electrons. The SMILES string of the molecule is CCC1CCCC(NC(=O)c2cc(N)ccc2C)C1.Cl. The minimum atomic E-state index is 0. The van der Waals surface area contributed by atoms with Crippen molar-refractivity contribution in [2.45, 2.75) is 52.0 Å². The van der Waals surface area contributed by atoms with Gasteiger partial charge in [0, 0.05) is 17.3 Å². The first-order chi connectivity index (χ1) is 9.10. The van der Waals surface area contributed by atoms with E-state index in [9.17, 15) is 4.79 Å². The molecule has 2 rings (SSSR count). The molecule has 1 fully saturated rings. The maximum absolute atomic E-state index is 12.3. The molecule has 1 saturated carbocycles. The van der Waals surface area contributed by atoms with E-state index in [-0.39, 0.29) is 18.3 Å². The molecule has 3 N–H and O–H groups in total. The van der Waals surface area contributed by atoms with Crippen LogP contribution in [0.2, 0.25) is 0 Å². The molecule has 1 aromatic rings. The van der Waals surface area contributed by atoms with Crippen LogP contribution in [-0.2, 0) is 0 Å². The first-order valence-corrected chi connectivity index (χ1v) is 7.27. The van der Waals surface area contributed by atoms with Gasteiger partial charge in [-0.2, -0.15) is 0 Å². The average molecular weight is 297 g/mol. The molecular formula is C16H25ClN2O. The number of hydrogen-bond donors (Lipinski definition) is 2. The third-order valence-electron chi connectivity index (χ3n) is 4.20. The van der Waals surface area contributed by atoms with Crippen molar-refractivity contribution < 1.29 is 4.79 Å². The molecule has 0 aliphatic heterocycles. The van der Waals surface area contributed by atoms with Crippen LogP contribution in [-0.4, -0.2) is 11.9 Å². The van der Waals surface area contributed by atoms with E-state index < -0.39 is 0 Å². The second-order valence-corrected chi connectivity index (χ2v) is 5.69. The third kappa shape index (κ3) is 4.14. The number of halogens is 1. The van der Waals surface area contributed by atoms with E-state index in [1.54, 1.807) is 6.07 Å². The fourth-order valence-electron chi connectivity index (χ4n) is 2.94. The Labute approximate surface area is 127 Å². The maximum atomic E-state index is 12.3. The lowest BCUT2D eigenvalue weighted by Crippen LogP contribution is -2.38. The van der Waals surface area contributed by atoms with Crippen LogP contribution in [0.15, 0.2) is 18.2 Å². The summed E-state index contributed by atoms with van der Waals surface area (Å²) in [7, 11) is 0. The Morgan fingerprint density at radius 2 is 2.15 bits per heavy atom. The monoisotopic (exact) mass is 296 g/mol. The van der Waals surface area contributed by atoms with Gasteiger partial charge in [0.05, 0.1) is 0 Å². The molecule has 0 heterocycles. The van der Waals surface area contributed by atoms with E-state index in [1.165, 1.54) is 19.3 Å². The molecule has 2 atom stereocenters. The summed E-state index contributed by atoms with van der Waals surface area (Å²) in [4.78, 5) is 12.3. The summed E-state index contributed by atoms with van der Waals surface area (Å²) >= 11 is 0. The van der Waals surface area contributed by atoms with Gasteiger partial charge in [-0.1, -0.05) is 32.3 Å². The number of nitrogen functional groups attached to an aromatic ring is 1. The topological polar surface area (TPSA) is 55.1 Å². The highest BCUT2D eigenvalue weighted by Crippen LogP contribution is 2.26. The summed E-state index contributed by atoms with van der Waals surface area (Å²) in [6.45, 7) is 4.18. The van der Waals surface area contributed by atoms with E-state index in [4.69, 9.17) is 5.73 Å². The predicted molar refractivity (Wildman–Crippen MR) is 86.3 cm³/mol. The quantitative estimate of drug-likeness (QED) is 0.836. The zero-order valence-corrected chi connectivity index (χ0v) is 13.1. The molecule has 1 aromatic carbocycles. The van der Waals surface area contributed by atoms with Crippen molar-refractivity contribution in [3.8, 4) is 0 Å². The van der Waals surface area contributed by atoms with Gasteiger partial charge in [-0.3, -0.25) is 4.79 Å². The zero-order chi connectivity index (χ0) is 13.8. The molecule has 2 unspecified atom stereocenters. The number of carbonyl (C=O) groups excluding carboxylic acids is 1. The molecule has 4 heteroatoms. The summed E-state index contributed by atoms with van der Waals surface area (Å²) in [5, 5.41) is 3.17. The number of aryl methyl sites for hydroxylation is 1. The maximum Gasteiger partial charge on any atom is 0.251 e. The molecule has 0 bridgehead atoms. The number of benzene rings is 1. The third-order valence-corrected chi connectivity index (χ3v) is 4.20. The van der Waals surface area contributed by atoms with Gasteiger partial charge in [-0.15, -0.1) is 12.4 Å². The molecule has 20 heavy (non-hydrogen) atoms. The molecule has 1 aliphatic carbocycles. The molecule has 0 saturated heterocycles. The van der Waals surface area contributed by atoms with Crippen LogP contribution in [0, 0.1) is 12.8 Å². The van der Waals surface area contributed by atoms with Gasteiger partial charge in [-0.05, 0) is 43.4 Å². The predicted octanol–water partition coefficient (Wildman–Crippen LogP) is 3.70. The van der Waals surface area contributed by atoms with Crippen molar-refractivity contribution in [2.24, 2.45) is 5.92 Å². The number of nitrogens with one attached hydrogen (secondary N) is 1. The Morgan fingerprint density at radius 3 is 2.85 bits per heavy atom. The van der Waals surface area contributed by atoms with Crippen LogP contribution < -0.4 is 11.1 Å². The van der Waals surface area contributed by atoms with Crippen LogP contribution in [0.5, 0.6) is 0 Å². The fraction of sp³-hybridized carbons (Fsp3) is 0.562. The first kappa shape index (κ1) is 16.8. The van der Waals surface area contributed by atoms with E-state index in [1.807, 2.05) is 19.1 Å². The zero-order valence-electron chi connectivity index (χ0n) is 12.3. The standard InChI is InChI=1S/C16H24N2O.ClH/c1-3-12-5-4-6-14(9-12)18-16(19)15-10-13(17)8-7-11(15)2;/h7-8,10,12,14H,3-6,9,17H2,1-2H3,(H,18,19);1H. The Balaban J connectivity index is 0.00000200. The number of nitrogens with two attached hydrogens (primary N) is 1. The van der Waals surface area contributed by atoms with Gasteiger partial charge < -0.3 is 11.1 Å². The second-order valence-electron chi connectivity index (χ2n) is 5.69. The lowest BCUT2D eigenvalue weighted by molar-refractivity contribution is 0.0918. The Morgan fingerprint density at radius 1 is 1.40 bits per heavy atom. The van der Waals surface area contributed by atoms with E-state index in [2.05, 4.69) is 12.2 Å². The number of carbonyl (C=O) groups is 1. The minimum absolute atomic E-state index is 0. The largest absolute Gasteiger partial charge is 0.399 e. The van der Waals surface area contributed by atoms with Crippen LogP contribution in [0.25, 0.3) is 0 Å². The molecular weight excluding hydrogens is 272 g/mol. The normalized spacial score (nSPS) is 21.9. The molecule has 0 spiro atoms. The molecule has 3 nitrogen and oxygen atoms in total. The highest BCUT2D eigenvalue weighted by Gasteiger charge is 2.22. The van der Waals surface area contributed by atoms with Crippen LogP contribution in [0.3, 0.4) is 0 Å². The van der Waals surface area contributed by atoms with Gasteiger partial charge in [0.25, 0.3) is 5.91 Å². The Kier molecular flexibility index (Phi) is 6.34. The smallest absolute Gasteiger partial charge is 0.251 e. The first-order valence-electron chi connectivity index (χ1n) is 7.27. The molecule has 1 aliphatic rings. The summed E-state index contributed by atoms with van der Waals surface area (Å²) in [6.07, 6.45) is 5.95. The highest BCUT2D eigenvalue weighted by atomic mass is 35.5. The minimum Gasteiger partial charge on any atom is -0.399 e. The van der Waals surface area contributed by atoms with Crippen molar-refractivity contribution in [3.63, 3.8) is 0 Å². The van der Waals surface area contributed by atoms with Crippen molar-refractivity contribution in [3.05, 3.63) is 29.3 Å². The second kappa shape index (κ2) is 7.53. The molecule has 0 aromatic heterocycles. The van der Waals surface area contributed by atoms with Crippen molar-refractivity contribution >= 4 is 24.0 Å². The highest BCUT2D eigenvalue weighted by molar-refractivity contribution is 5.96. The summed E-state index contributed by atoms with van der Waals surface area (Å²) in [6, 6.07) is 5.83. The van der Waals surface area contributed by atoms with E-state index in [0.29, 0.717) is 17.3 Å². The van der Waals surface area contributed by atoms with Crippen molar-refractivity contribution in [1.29, 1.82) is 0 Å². The van der Waals surface area contributed by atoms with Gasteiger partial charge in [0.2, 0.25) is 0 Å². The van der Waals surface area contributed by atoms with E-state index >= 15 is 0 Å². The van der Waals surface area contributed by atoms with Gasteiger partial charge in [0.15, 0.2) is 0 Å². The van der Waals surface area contributed by atoms with Crippen molar-refractivity contribution in [1.82, 2.24) is 5.32 Å². The number of anilines is 1. The summed E-state index contributed by atoms with van der Waals surface area (Å²) < 4.78 is 0. The van der Waals surface area contributed by atoms with Crippen LogP contribution >= 0.6 is 12.4 Å². The summed E-state index contributed by atoms with van der Waals surface area (Å²) in [5.74, 6) is 0.785. The number of amides is 1. The average Bonchev–Trinajstić information content (AvgIpc) is 2.41. The van der Waals surface area contributed by atoms with Gasteiger partial charge in [-0.25, -0.2) is 0 Å². The Bertz CT molecular complexity index is 462. The van der Waals surface area contributed by atoms with Gasteiger partial charge >= 0.3 is 0 Å². The molecule has 1 amide bonds. The summed E-state index contributed by atoms with van der Waals surface area (Å²) in [5.41, 5.74) is 8.09. The van der Waals surface area contributed by atoms with Crippen molar-refractivity contribution in [2.75, 3.05) is 5.73 Å². The Hall–Kier alpha value is -1.22. The van der Waals surface area contributed by atoms with Crippen LogP contribution in [0.1, 0.15) is 54.9 Å². The van der Waals surface area contributed by atoms with Gasteiger partial charge in [0.1, 0.15) is 0 Å². The lowest BCUT2D eigenvalue weighted by Gasteiger charge is -2.29. The fourth-order valence-corrected chi connectivity index (χ4v) is 2.94. The van der Waals surface area contributed by atoms with E-state index in [0.717, 1.165) is 24.3 Å².